The van der Waals surface area contributed by atoms with E-state index in [1.165, 1.54) is 6.42 Å². The number of hydrogen-bond donors (Lipinski definition) is 0. The first kappa shape index (κ1) is 15.8. The molecule has 0 radical (unpaired) electrons. The van der Waals surface area contributed by atoms with Gasteiger partial charge in [0.25, 0.3) is 0 Å². The number of nitrogens with zero attached hydrogens (tertiary/aromatic N) is 1. The van der Waals surface area contributed by atoms with Crippen LogP contribution < -0.4 is 0 Å². The zero-order valence-corrected chi connectivity index (χ0v) is 15.0. The van der Waals surface area contributed by atoms with Gasteiger partial charge < -0.3 is 4.90 Å². The molecule has 1 aromatic rings. The maximum absolute atomic E-state index is 13.3. The summed E-state index contributed by atoms with van der Waals surface area (Å²) in [6.45, 7) is 0.574. The number of carbonyl (C=O) groups excluding carboxylic acids is 1. The molecule has 0 aliphatic heterocycles. The zero-order chi connectivity index (χ0) is 16.2. The van der Waals surface area contributed by atoms with Crippen molar-refractivity contribution in [3.05, 3.63) is 34.9 Å². The molecule has 0 saturated heterocycles. The lowest BCUT2D eigenvalue weighted by Gasteiger charge is -2.59. The molecule has 2 unspecified atom stereocenters. The Kier molecular flexibility index (Phi) is 3.70. The summed E-state index contributed by atoms with van der Waals surface area (Å²) in [6.07, 6.45) is 6.41. The molecule has 5 rings (SSSR count). The fraction of sp³-hybridized carbons (Fsp3) is 0.632. The Hall–Kier alpha value is -0.730. The van der Waals surface area contributed by atoms with Gasteiger partial charge in [-0.25, -0.2) is 0 Å². The van der Waals surface area contributed by atoms with Gasteiger partial charge in [-0.05, 0) is 62.0 Å². The predicted octanol–water partition coefficient (Wildman–Crippen LogP) is 4.88. The van der Waals surface area contributed by atoms with Gasteiger partial charge in [-0.3, -0.25) is 4.79 Å². The third kappa shape index (κ3) is 2.68. The van der Waals surface area contributed by atoms with E-state index in [4.69, 9.17) is 23.2 Å². The summed E-state index contributed by atoms with van der Waals surface area (Å²) >= 11 is 13.1. The third-order valence-electron chi connectivity index (χ3n) is 6.16. The van der Waals surface area contributed by atoms with Crippen molar-refractivity contribution in [1.29, 1.82) is 0 Å². The fourth-order valence-corrected chi connectivity index (χ4v) is 6.65. The molecule has 4 fully saturated rings. The highest BCUT2D eigenvalue weighted by Gasteiger charge is 2.60. The summed E-state index contributed by atoms with van der Waals surface area (Å²) in [4.78, 5) is 15.0. The van der Waals surface area contributed by atoms with Gasteiger partial charge in [0.15, 0.2) is 0 Å². The number of carbonyl (C=O) groups is 1. The maximum Gasteiger partial charge on any atom is 0.228 e. The summed E-state index contributed by atoms with van der Waals surface area (Å²) in [5, 5.41) is 0.728. The molecule has 4 heteroatoms. The van der Waals surface area contributed by atoms with Crippen molar-refractivity contribution < 1.29 is 4.79 Å². The van der Waals surface area contributed by atoms with Gasteiger partial charge >= 0.3 is 0 Å². The first-order valence-corrected chi connectivity index (χ1v) is 9.33. The van der Waals surface area contributed by atoms with Crippen LogP contribution in [0.5, 0.6) is 0 Å². The molecule has 4 atom stereocenters. The van der Waals surface area contributed by atoms with Crippen molar-refractivity contribution in [3.8, 4) is 0 Å². The molecule has 1 amide bonds. The SMILES string of the molecule is CN(Cc1ccccc1Cl)C(=O)C12C[C@@H]3C[C@@H](CC(Cl)(C3)C1)C2. The van der Waals surface area contributed by atoms with Crippen LogP contribution >= 0.6 is 23.2 Å². The number of rotatable bonds is 3. The highest BCUT2D eigenvalue weighted by molar-refractivity contribution is 6.31. The first-order chi connectivity index (χ1) is 10.9. The second-order valence-corrected chi connectivity index (χ2v) is 9.35. The molecular formula is C19H23Cl2NO. The minimum absolute atomic E-state index is 0.120. The molecule has 23 heavy (non-hydrogen) atoms. The lowest BCUT2D eigenvalue weighted by Crippen LogP contribution is -2.58. The van der Waals surface area contributed by atoms with Crippen LogP contribution in [-0.2, 0) is 11.3 Å². The van der Waals surface area contributed by atoms with Gasteiger partial charge in [0, 0.05) is 23.5 Å². The Morgan fingerprint density at radius 2 is 1.87 bits per heavy atom. The predicted molar refractivity (Wildman–Crippen MR) is 93.6 cm³/mol. The van der Waals surface area contributed by atoms with E-state index in [0.717, 1.165) is 42.7 Å². The third-order valence-corrected chi connectivity index (χ3v) is 6.97. The van der Waals surface area contributed by atoms with Crippen LogP contribution in [0.3, 0.4) is 0 Å². The van der Waals surface area contributed by atoms with Crippen molar-refractivity contribution >= 4 is 29.1 Å². The summed E-state index contributed by atoms with van der Waals surface area (Å²) in [6, 6.07) is 7.77. The zero-order valence-electron chi connectivity index (χ0n) is 13.5. The van der Waals surface area contributed by atoms with Gasteiger partial charge in [-0.1, -0.05) is 29.8 Å². The van der Waals surface area contributed by atoms with E-state index in [2.05, 4.69) is 0 Å². The Morgan fingerprint density at radius 1 is 1.22 bits per heavy atom. The number of benzene rings is 1. The number of amides is 1. The van der Waals surface area contributed by atoms with Crippen molar-refractivity contribution in [2.24, 2.45) is 17.3 Å². The van der Waals surface area contributed by atoms with Crippen LogP contribution in [0.15, 0.2) is 24.3 Å². The van der Waals surface area contributed by atoms with E-state index in [0.29, 0.717) is 18.4 Å². The monoisotopic (exact) mass is 351 g/mol. The average molecular weight is 352 g/mol. The highest BCUT2D eigenvalue weighted by Crippen LogP contribution is 2.64. The molecule has 0 spiro atoms. The van der Waals surface area contributed by atoms with Crippen LogP contribution in [0.1, 0.15) is 44.1 Å². The topological polar surface area (TPSA) is 20.3 Å². The van der Waals surface area contributed by atoms with E-state index >= 15 is 0 Å². The average Bonchev–Trinajstić information content (AvgIpc) is 2.46. The number of alkyl halides is 1. The molecule has 0 heterocycles. The maximum atomic E-state index is 13.3. The summed E-state index contributed by atoms with van der Waals surface area (Å²) < 4.78 is 0. The quantitative estimate of drug-likeness (QED) is 0.711. The Morgan fingerprint density at radius 3 is 2.48 bits per heavy atom. The van der Waals surface area contributed by atoms with Crippen LogP contribution in [0.4, 0.5) is 0 Å². The lowest BCUT2D eigenvalue weighted by atomic mass is 9.49. The van der Waals surface area contributed by atoms with Crippen LogP contribution in [-0.4, -0.2) is 22.7 Å². The minimum atomic E-state index is -0.220. The Balaban J connectivity index is 1.56. The Bertz CT molecular complexity index is 630. The van der Waals surface area contributed by atoms with E-state index in [9.17, 15) is 4.79 Å². The molecule has 4 aliphatic rings. The number of halogens is 2. The van der Waals surface area contributed by atoms with E-state index in [1.54, 1.807) is 0 Å². The minimum Gasteiger partial charge on any atom is -0.341 e. The normalized spacial score (nSPS) is 37.9. The summed E-state index contributed by atoms with van der Waals surface area (Å²) in [5.74, 6) is 1.56. The summed E-state index contributed by atoms with van der Waals surface area (Å²) in [7, 11) is 1.91. The van der Waals surface area contributed by atoms with Crippen molar-refractivity contribution in [2.45, 2.75) is 49.9 Å². The highest BCUT2D eigenvalue weighted by atomic mass is 35.5. The Labute approximate surface area is 148 Å². The largest absolute Gasteiger partial charge is 0.341 e. The molecule has 0 N–H and O–H groups in total. The molecule has 2 nitrogen and oxygen atoms in total. The van der Waals surface area contributed by atoms with Crippen molar-refractivity contribution in [3.63, 3.8) is 0 Å². The molecule has 0 aromatic heterocycles. The smallest absolute Gasteiger partial charge is 0.228 e. The molecule has 124 valence electrons. The molecule has 4 saturated carbocycles. The van der Waals surface area contributed by atoms with E-state index in [-0.39, 0.29) is 16.2 Å². The van der Waals surface area contributed by atoms with Gasteiger partial charge in [-0.15, -0.1) is 11.6 Å². The number of hydrogen-bond acceptors (Lipinski definition) is 1. The molecule has 1 aromatic carbocycles. The van der Waals surface area contributed by atoms with Crippen molar-refractivity contribution in [2.75, 3.05) is 7.05 Å². The molecule has 4 bridgehead atoms. The van der Waals surface area contributed by atoms with Gasteiger partial charge in [-0.2, -0.15) is 0 Å². The molecular weight excluding hydrogens is 329 g/mol. The van der Waals surface area contributed by atoms with E-state index in [1.807, 2.05) is 36.2 Å². The van der Waals surface area contributed by atoms with Gasteiger partial charge in [0.2, 0.25) is 5.91 Å². The van der Waals surface area contributed by atoms with Crippen LogP contribution in [0, 0.1) is 17.3 Å². The summed E-state index contributed by atoms with van der Waals surface area (Å²) in [5.41, 5.74) is 0.789. The van der Waals surface area contributed by atoms with Gasteiger partial charge in [0.05, 0.1) is 5.41 Å². The standard InChI is InChI=1S/C19H23Cl2NO/c1-22(11-15-4-2-3-5-16(15)20)17(23)18-7-13-6-14(8-18)10-19(21,9-13)12-18/h2-5,13-14H,6-12H2,1H3/t13-,14+,18?,19?. The second kappa shape index (κ2) is 5.39. The van der Waals surface area contributed by atoms with Crippen molar-refractivity contribution in [1.82, 2.24) is 4.90 Å². The molecule has 4 aliphatic carbocycles. The second-order valence-electron chi connectivity index (χ2n) is 8.14. The van der Waals surface area contributed by atoms with E-state index < -0.39 is 0 Å². The fourth-order valence-electron chi connectivity index (χ4n) is 5.76. The van der Waals surface area contributed by atoms with Crippen LogP contribution in [0.25, 0.3) is 0 Å². The lowest BCUT2D eigenvalue weighted by molar-refractivity contribution is -0.155. The first-order valence-electron chi connectivity index (χ1n) is 8.57. The van der Waals surface area contributed by atoms with Crippen LogP contribution in [0.2, 0.25) is 5.02 Å². The van der Waals surface area contributed by atoms with Gasteiger partial charge in [0.1, 0.15) is 0 Å².